The van der Waals surface area contributed by atoms with E-state index in [1.165, 1.54) is 4.90 Å². The van der Waals surface area contributed by atoms with Gasteiger partial charge in [-0.2, -0.15) is 0 Å². The van der Waals surface area contributed by atoms with Gasteiger partial charge < -0.3 is 9.84 Å². The van der Waals surface area contributed by atoms with E-state index in [1.54, 1.807) is 0 Å². The van der Waals surface area contributed by atoms with Crippen molar-refractivity contribution in [2.45, 2.75) is 77.5 Å². The van der Waals surface area contributed by atoms with E-state index in [9.17, 15) is 14.7 Å². The molecule has 1 aliphatic heterocycles. The maximum atomic E-state index is 12.5. The number of fused-ring (bicyclic) bond motifs is 1. The summed E-state index contributed by atoms with van der Waals surface area (Å²) in [5.41, 5.74) is -0.600. The zero-order valence-corrected chi connectivity index (χ0v) is 13.5. The number of aliphatic carboxylic acids is 1. The van der Waals surface area contributed by atoms with E-state index in [2.05, 4.69) is 6.92 Å². The van der Waals surface area contributed by atoms with Gasteiger partial charge >= 0.3 is 12.1 Å². The fourth-order valence-electron chi connectivity index (χ4n) is 3.71. The Bertz CT molecular complexity index is 415. The van der Waals surface area contributed by atoms with Gasteiger partial charge in [0, 0.05) is 6.04 Å². The molecular formula is C16H27NO4. The molecule has 2 rings (SSSR count). The number of carbonyl (C=O) groups excluding carboxylic acids is 1. The van der Waals surface area contributed by atoms with E-state index in [0.717, 1.165) is 25.7 Å². The largest absolute Gasteiger partial charge is 0.480 e. The quantitative estimate of drug-likeness (QED) is 0.849. The molecule has 1 heterocycles. The highest BCUT2D eigenvalue weighted by Gasteiger charge is 2.50. The molecular weight excluding hydrogens is 270 g/mol. The van der Waals surface area contributed by atoms with Gasteiger partial charge in [0.25, 0.3) is 0 Å². The minimum Gasteiger partial charge on any atom is -0.480 e. The van der Waals surface area contributed by atoms with Crippen molar-refractivity contribution in [3.63, 3.8) is 0 Å². The van der Waals surface area contributed by atoms with Gasteiger partial charge in [-0.25, -0.2) is 9.59 Å². The number of nitrogens with zero attached hydrogens (tertiary/aromatic N) is 1. The van der Waals surface area contributed by atoms with Gasteiger partial charge in [0.2, 0.25) is 0 Å². The summed E-state index contributed by atoms with van der Waals surface area (Å²) in [6, 6.07) is -0.704. The maximum absolute atomic E-state index is 12.5. The third kappa shape index (κ3) is 3.50. The molecule has 0 spiro atoms. The molecule has 1 saturated carbocycles. The molecule has 21 heavy (non-hydrogen) atoms. The Kier molecular flexibility index (Phi) is 4.49. The van der Waals surface area contributed by atoms with Crippen molar-refractivity contribution >= 4 is 12.1 Å². The molecule has 1 amide bonds. The Balaban J connectivity index is 2.20. The van der Waals surface area contributed by atoms with Crippen LogP contribution in [-0.4, -0.2) is 39.8 Å². The highest BCUT2D eigenvalue weighted by molar-refractivity contribution is 5.81. The first-order valence-electron chi connectivity index (χ1n) is 7.97. The van der Waals surface area contributed by atoms with Crippen LogP contribution in [0.1, 0.15) is 59.8 Å². The van der Waals surface area contributed by atoms with Crippen LogP contribution in [0.4, 0.5) is 4.79 Å². The summed E-state index contributed by atoms with van der Waals surface area (Å²) >= 11 is 0. The van der Waals surface area contributed by atoms with Gasteiger partial charge in [0.15, 0.2) is 0 Å². The van der Waals surface area contributed by atoms with Gasteiger partial charge in [-0.3, -0.25) is 4.90 Å². The Labute approximate surface area is 126 Å². The zero-order chi connectivity index (χ0) is 15.8. The van der Waals surface area contributed by atoms with Crippen LogP contribution in [-0.2, 0) is 9.53 Å². The van der Waals surface area contributed by atoms with Crippen molar-refractivity contribution in [1.29, 1.82) is 0 Å². The fourth-order valence-corrected chi connectivity index (χ4v) is 3.71. The summed E-state index contributed by atoms with van der Waals surface area (Å²) in [5.74, 6) is -0.0199. The number of amides is 1. The van der Waals surface area contributed by atoms with Crippen molar-refractivity contribution in [3.8, 4) is 0 Å². The minimum absolute atomic E-state index is 0.0275. The smallest absolute Gasteiger partial charge is 0.411 e. The lowest BCUT2D eigenvalue weighted by atomic mass is 9.77. The molecule has 5 heteroatoms. The second kappa shape index (κ2) is 5.85. The topological polar surface area (TPSA) is 66.8 Å². The predicted molar refractivity (Wildman–Crippen MR) is 79.0 cm³/mol. The summed E-state index contributed by atoms with van der Waals surface area (Å²) in [5, 5.41) is 9.45. The number of likely N-dealkylation sites (tertiary alicyclic amines) is 1. The van der Waals surface area contributed by atoms with Gasteiger partial charge in [0.1, 0.15) is 11.6 Å². The van der Waals surface area contributed by atoms with Crippen molar-refractivity contribution in [2.75, 3.05) is 0 Å². The summed E-state index contributed by atoms with van der Waals surface area (Å²) in [7, 11) is 0. The highest BCUT2D eigenvalue weighted by Crippen LogP contribution is 2.43. The lowest BCUT2D eigenvalue weighted by Crippen LogP contribution is -2.49. The van der Waals surface area contributed by atoms with Gasteiger partial charge in [-0.15, -0.1) is 0 Å². The third-order valence-electron chi connectivity index (χ3n) is 4.75. The van der Waals surface area contributed by atoms with E-state index >= 15 is 0 Å². The molecule has 0 aromatic heterocycles. The Morgan fingerprint density at radius 1 is 1.24 bits per heavy atom. The second-order valence-corrected chi connectivity index (χ2v) is 7.39. The van der Waals surface area contributed by atoms with Crippen LogP contribution in [0.2, 0.25) is 0 Å². The van der Waals surface area contributed by atoms with Crippen LogP contribution >= 0.6 is 0 Å². The molecule has 2 aliphatic rings. The molecule has 4 atom stereocenters. The third-order valence-corrected chi connectivity index (χ3v) is 4.75. The maximum Gasteiger partial charge on any atom is 0.411 e. The Hall–Kier alpha value is -1.26. The first-order chi connectivity index (χ1) is 9.73. The van der Waals surface area contributed by atoms with Crippen LogP contribution in [0.3, 0.4) is 0 Å². The van der Waals surface area contributed by atoms with Crippen LogP contribution in [0, 0.1) is 11.8 Å². The van der Waals surface area contributed by atoms with Crippen molar-refractivity contribution in [1.82, 2.24) is 4.90 Å². The van der Waals surface area contributed by atoms with E-state index in [-0.39, 0.29) is 6.04 Å². The molecule has 5 nitrogen and oxygen atoms in total. The Morgan fingerprint density at radius 3 is 2.43 bits per heavy atom. The number of carboxylic acids is 1. The summed E-state index contributed by atoms with van der Waals surface area (Å²) in [4.78, 5) is 25.5. The van der Waals surface area contributed by atoms with E-state index in [1.807, 2.05) is 20.8 Å². The summed E-state index contributed by atoms with van der Waals surface area (Å²) < 4.78 is 5.44. The van der Waals surface area contributed by atoms with Crippen molar-refractivity contribution < 1.29 is 19.4 Å². The minimum atomic E-state index is -0.914. The average Bonchev–Trinajstić information content (AvgIpc) is 2.74. The first kappa shape index (κ1) is 16.1. The lowest BCUT2D eigenvalue weighted by Gasteiger charge is -2.37. The van der Waals surface area contributed by atoms with Gasteiger partial charge in [-0.1, -0.05) is 19.8 Å². The molecule has 120 valence electrons. The predicted octanol–water partition coefficient (Wildman–Crippen LogP) is 3.28. The standard InChI is InChI=1S/C16H27NO4/c1-5-10-6-7-11-9-13(14(18)19)17(12(11)8-10)15(20)21-16(2,3)4/h10-13H,5-9H2,1-4H3,(H,18,19)/t10?,11?,12-,13?/m1/s1. The first-order valence-corrected chi connectivity index (χ1v) is 7.97. The Morgan fingerprint density at radius 2 is 1.90 bits per heavy atom. The lowest BCUT2D eigenvalue weighted by molar-refractivity contribution is -0.142. The zero-order valence-electron chi connectivity index (χ0n) is 13.5. The molecule has 0 aromatic carbocycles. The monoisotopic (exact) mass is 297 g/mol. The van der Waals surface area contributed by atoms with E-state index < -0.39 is 23.7 Å². The number of hydrogen-bond acceptors (Lipinski definition) is 3. The number of hydrogen-bond donors (Lipinski definition) is 1. The van der Waals surface area contributed by atoms with Crippen molar-refractivity contribution in [3.05, 3.63) is 0 Å². The fraction of sp³-hybridized carbons (Fsp3) is 0.875. The van der Waals surface area contributed by atoms with E-state index in [4.69, 9.17) is 4.74 Å². The SMILES string of the molecule is CCC1CCC2CC(C(=O)O)N(C(=O)OC(C)(C)C)[C@@H]2C1. The number of ether oxygens (including phenoxy) is 1. The average molecular weight is 297 g/mol. The van der Waals surface area contributed by atoms with Crippen LogP contribution in [0.25, 0.3) is 0 Å². The molecule has 0 bridgehead atoms. The molecule has 2 fully saturated rings. The summed E-state index contributed by atoms with van der Waals surface area (Å²) in [6.07, 6.45) is 4.25. The van der Waals surface area contributed by atoms with Crippen LogP contribution in [0.15, 0.2) is 0 Å². The van der Waals surface area contributed by atoms with E-state index in [0.29, 0.717) is 18.3 Å². The molecule has 3 unspecified atom stereocenters. The number of carbonyl (C=O) groups is 2. The molecule has 0 aromatic rings. The number of carboxylic acid groups (broad SMARTS) is 1. The number of rotatable bonds is 2. The molecule has 1 aliphatic carbocycles. The van der Waals surface area contributed by atoms with Gasteiger partial charge in [-0.05, 0) is 51.9 Å². The molecule has 0 radical (unpaired) electrons. The van der Waals surface area contributed by atoms with Gasteiger partial charge in [0.05, 0.1) is 0 Å². The second-order valence-electron chi connectivity index (χ2n) is 7.39. The summed E-state index contributed by atoms with van der Waals surface area (Å²) in [6.45, 7) is 7.59. The molecule has 1 saturated heterocycles. The molecule has 1 N–H and O–H groups in total. The van der Waals surface area contributed by atoms with Crippen molar-refractivity contribution in [2.24, 2.45) is 11.8 Å². The van der Waals surface area contributed by atoms with Crippen LogP contribution < -0.4 is 0 Å². The normalized spacial score (nSPS) is 32.7. The van der Waals surface area contributed by atoms with Crippen LogP contribution in [0.5, 0.6) is 0 Å². The highest BCUT2D eigenvalue weighted by atomic mass is 16.6.